The van der Waals surface area contributed by atoms with Gasteiger partial charge in [0.05, 0.1) is 0 Å². The average Bonchev–Trinajstić information content (AvgIpc) is 3.18. The van der Waals surface area contributed by atoms with Gasteiger partial charge in [0.2, 0.25) is 0 Å². The molecule has 2 aromatic rings. The van der Waals surface area contributed by atoms with Crippen molar-refractivity contribution in [3.63, 3.8) is 0 Å². The van der Waals surface area contributed by atoms with Gasteiger partial charge in [-0.15, -0.1) is 0 Å². The van der Waals surface area contributed by atoms with Crippen LogP contribution >= 0.6 is 0 Å². The maximum absolute atomic E-state index is 5.33. The topological polar surface area (TPSA) is 18.5 Å². The van der Waals surface area contributed by atoms with Crippen LogP contribution in [-0.4, -0.2) is 14.2 Å². The zero-order valence-corrected chi connectivity index (χ0v) is 17.1. The van der Waals surface area contributed by atoms with Gasteiger partial charge in [-0.1, -0.05) is 0 Å². The molecule has 0 amide bonds. The molecule has 2 unspecified atom stereocenters. The van der Waals surface area contributed by atoms with E-state index in [0.29, 0.717) is 8.45 Å². The summed E-state index contributed by atoms with van der Waals surface area (Å²) in [5.41, 5.74) is 5.55. The van der Waals surface area contributed by atoms with Gasteiger partial charge in [-0.05, 0) is 0 Å². The molecule has 0 heterocycles. The third-order valence-corrected chi connectivity index (χ3v) is 7.25. The molecule has 2 aliphatic carbocycles. The Kier molecular flexibility index (Phi) is 6.82. The fourth-order valence-corrected chi connectivity index (χ4v) is 5.94. The second kappa shape index (κ2) is 8.46. The first kappa shape index (κ1) is 20.1. The number of benzene rings is 2. The van der Waals surface area contributed by atoms with E-state index in [1.165, 1.54) is 22.3 Å². The van der Waals surface area contributed by atoms with Crippen molar-refractivity contribution in [3.05, 3.63) is 70.8 Å². The number of methoxy groups -OCH3 is 2. The predicted octanol–water partition coefficient (Wildman–Crippen LogP) is -1.37. The summed E-state index contributed by atoms with van der Waals surface area (Å²) in [6.45, 7) is 0. The standard InChI is InChI=1S/2C10H9O.2ClH.Ti/c2*1-11-10-6-5-8-3-2-4-9(8)7-10;;;/h2*2-7H,1H3;2*1H;/q;;;;+2/p-2. The van der Waals surface area contributed by atoms with Gasteiger partial charge in [-0.25, -0.2) is 0 Å². The van der Waals surface area contributed by atoms with E-state index in [1.807, 2.05) is 0 Å². The minimum atomic E-state index is -0.201. The van der Waals surface area contributed by atoms with E-state index in [0.717, 1.165) is 11.5 Å². The molecular weight excluding hydrogens is 391 g/mol. The molecule has 0 aromatic heterocycles. The van der Waals surface area contributed by atoms with Crippen LogP contribution < -0.4 is 34.3 Å². The molecule has 0 N–H and O–H groups in total. The zero-order chi connectivity index (χ0) is 15.8. The van der Waals surface area contributed by atoms with Gasteiger partial charge in [0.1, 0.15) is 0 Å². The Balaban J connectivity index is 0.00000113. The number of ether oxygens (including phenoxy) is 2. The van der Waals surface area contributed by atoms with E-state index in [-0.39, 0.29) is 44.0 Å². The molecule has 2 aliphatic rings. The van der Waals surface area contributed by atoms with Gasteiger partial charge in [-0.3, -0.25) is 0 Å². The summed E-state index contributed by atoms with van der Waals surface area (Å²) < 4.78 is 11.9. The van der Waals surface area contributed by atoms with Crippen molar-refractivity contribution in [2.45, 2.75) is 8.45 Å². The average molecular weight is 409 g/mol. The second-order valence-electron chi connectivity index (χ2n) is 5.83. The van der Waals surface area contributed by atoms with Crippen LogP contribution in [-0.2, 0) is 19.2 Å². The Bertz CT molecular complexity index is 750. The fourth-order valence-electron chi connectivity index (χ4n) is 3.31. The van der Waals surface area contributed by atoms with Gasteiger partial charge >= 0.3 is 146 Å². The number of hydrogen-bond acceptors (Lipinski definition) is 2. The van der Waals surface area contributed by atoms with Crippen molar-refractivity contribution >= 4 is 12.2 Å². The molecule has 0 saturated heterocycles. The molecule has 5 heteroatoms. The van der Waals surface area contributed by atoms with Crippen LogP contribution in [0.2, 0.25) is 0 Å². The Morgan fingerprint density at radius 2 is 1.16 bits per heavy atom. The van der Waals surface area contributed by atoms with Gasteiger partial charge in [0, 0.05) is 0 Å². The third kappa shape index (κ3) is 3.83. The molecule has 0 radical (unpaired) electrons. The van der Waals surface area contributed by atoms with Gasteiger partial charge in [-0.2, -0.15) is 0 Å². The Labute approximate surface area is 170 Å². The molecule has 2 nitrogen and oxygen atoms in total. The van der Waals surface area contributed by atoms with Crippen LogP contribution in [0.3, 0.4) is 0 Å². The second-order valence-corrected chi connectivity index (χ2v) is 8.29. The molecular formula is C20H18Cl2O2Ti. The first-order valence-corrected chi connectivity index (χ1v) is 9.57. The Morgan fingerprint density at radius 3 is 1.56 bits per heavy atom. The summed E-state index contributed by atoms with van der Waals surface area (Å²) in [5.74, 6) is 1.87. The van der Waals surface area contributed by atoms with Crippen molar-refractivity contribution in [1.82, 2.24) is 0 Å². The number of hydrogen-bond donors (Lipinski definition) is 0. The quantitative estimate of drug-likeness (QED) is 0.581. The van der Waals surface area contributed by atoms with E-state index >= 15 is 0 Å². The smallest absolute Gasteiger partial charge is 1.00 e. The first-order valence-electron chi connectivity index (χ1n) is 7.77. The zero-order valence-electron chi connectivity index (χ0n) is 14.0. The molecule has 2 atom stereocenters. The molecule has 0 saturated carbocycles. The molecule has 0 spiro atoms. The van der Waals surface area contributed by atoms with Crippen LogP contribution in [0, 0.1) is 0 Å². The maximum Gasteiger partial charge on any atom is -1.00 e. The van der Waals surface area contributed by atoms with Crippen LogP contribution in [0.4, 0.5) is 0 Å². The summed E-state index contributed by atoms with van der Waals surface area (Å²) in [7, 11) is 3.44. The van der Waals surface area contributed by atoms with Crippen molar-refractivity contribution in [1.29, 1.82) is 0 Å². The van der Waals surface area contributed by atoms with Crippen molar-refractivity contribution in [3.8, 4) is 11.5 Å². The van der Waals surface area contributed by atoms with Crippen molar-refractivity contribution in [2.75, 3.05) is 14.2 Å². The van der Waals surface area contributed by atoms with Gasteiger partial charge in [0.25, 0.3) is 0 Å². The molecule has 2 aromatic carbocycles. The fraction of sp³-hybridized carbons (Fsp3) is 0.200. The van der Waals surface area contributed by atoms with E-state index in [9.17, 15) is 0 Å². The molecule has 128 valence electrons. The Morgan fingerprint density at radius 1 is 0.720 bits per heavy atom. The maximum atomic E-state index is 5.33. The third-order valence-electron chi connectivity index (χ3n) is 4.55. The summed E-state index contributed by atoms with van der Waals surface area (Å²) in [5, 5.41) is 0. The predicted molar refractivity (Wildman–Crippen MR) is 89.5 cm³/mol. The van der Waals surface area contributed by atoms with Crippen molar-refractivity contribution < 1.29 is 53.4 Å². The SMILES string of the molecule is COc1ccc2c(c1)C=C[CH]2[Ti+2][CH]1C=Cc2cc(OC)ccc21.[Cl-].[Cl-]. The van der Waals surface area contributed by atoms with Crippen LogP contribution in [0.25, 0.3) is 12.2 Å². The number of allylic oxidation sites excluding steroid dienone is 2. The van der Waals surface area contributed by atoms with Crippen LogP contribution in [0.15, 0.2) is 48.6 Å². The summed E-state index contributed by atoms with van der Waals surface area (Å²) in [6.07, 6.45) is 9.25. The molecule has 25 heavy (non-hydrogen) atoms. The Hall–Kier alpha value is -1.19. The molecule has 0 fully saturated rings. The van der Waals surface area contributed by atoms with Gasteiger partial charge in [0.15, 0.2) is 0 Å². The van der Waals surface area contributed by atoms with Crippen LogP contribution in [0.5, 0.6) is 11.5 Å². The minimum absolute atomic E-state index is 0. The monoisotopic (exact) mass is 408 g/mol. The van der Waals surface area contributed by atoms with Gasteiger partial charge < -0.3 is 24.8 Å². The van der Waals surface area contributed by atoms with E-state index < -0.39 is 0 Å². The summed E-state index contributed by atoms with van der Waals surface area (Å²) in [6, 6.07) is 12.9. The first-order chi connectivity index (χ1) is 11.3. The normalized spacial score (nSPS) is 18.5. The number of fused-ring (bicyclic) bond motifs is 2. The molecule has 0 aliphatic heterocycles. The van der Waals surface area contributed by atoms with Crippen molar-refractivity contribution in [2.24, 2.45) is 0 Å². The summed E-state index contributed by atoms with van der Waals surface area (Å²) in [4.78, 5) is 0. The summed E-state index contributed by atoms with van der Waals surface area (Å²) >= 11 is -0.201. The largest absolute Gasteiger partial charge is 1.00 e. The molecule has 4 rings (SSSR count). The van der Waals surface area contributed by atoms with E-state index in [4.69, 9.17) is 9.47 Å². The van der Waals surface area contributed by atoms with E-state index in [1.54, 1.807) is 14.2 Å². The molecule has 0 bridgehead atoms. The van der Waals surface area contributed by atoms with E-state index in [2.05, 4.69) is 60.7 Å². The van der Waals surface area contributed by atoms with Crippen LogP contribution in [0.1, 0.15) is 30.7 Å². The minimum Gasteiger partial charge on any atom is -1.00 e. The number of rotatable bonds is 4. The number of halogens is 2.